The van der Waals surface area contributed by atoms with Crippen molar-refractivity contribution in [2.45, 2.75) is 5.44 Å². The first-order chi connectivity index (χ1) is 3.48. The zero-order valence-corrected chi connectivity index (χ0v) is 4.50. The molecule has 0 amide bonds. The number of aliphatic hydroxyl groups is 1. The minimum Gasteiger partial charge on any atom is -0.369 e. The summed E-state index contributed by atoms with van der Waals surface area (Å²) in [5.74, 6) is 0. The highest BCUT2D eigenvalue weighted by Gasteiger charge is 2.16. The number of carbonyl (C=O) groups excluding carboxylic acids is 1. The third kappa shape index (κ3) is 2.01. The predicted octanol–water partition coefficient (Wildman–Crippen LogP) is -1.61. The Bertz CT molecular complexity index is 167. The van der Waals surface area contributed by atoms with Gasteiger partial charge in [-0.3, -0.25) is 9.35 Å². The number of hydrogen-bond donors (Lipinski definition) is 2. The van der Waals surface area contributed by atoms with E-state index in [2.05, 4.69) is 0 Å². The Morgan fingerprint density at radius 1 is 1.50 bits per heavy atom. The Balaban J connectivity index is 4.26. The lowest BCUT2D eigenvalue weighted by Gasteiger charge is -1.93. The standard InChI is InChI=1S/C2H4O5S/c3-1-2(4)8(5,6)7/h1-2,4H,(H,5,6,7). The lowest BCUT2D eigenvalue weighted by atomic mass is 10.8. The Morgan fingerprint density at radius 3 is 1.88 bits per heavy atom. The van der Waals surface area contributed by atoms with Crippen molar-refractivity contribution in [1.82, 2.24) is 0 Å². The van der Waals surface area contributed by atoms with Crippen molar-refractivity contribution >= 4 is 16.4 Å². The van der Waals surface area contributed by atoms with Gasteiger partial charge < -0.3 is 5.11 Å². The minimum atomic E-state index is -4.57. The van der Waals surface area contributed by atoms with Crippen LogP contribution in [0.25, 0.3) is 0 Å². The summed E-state index contributed by atoms with van der Waals surface area (Å²) in [6.45, 7) is 0. The molecule has 5 nitrogen and oxygen atoms in total. The second-order valence-electron chi connectivity index (χ2n) is 1.04. The van der Waals surface area contributed by atoms with Gasteiger partial charge in [0.1, 0.15) is 0 Å². The summed E-state index contributed by atoms with van der Waals surface area (Å²) in [7, 11) is -4.57. The van der Waals surface area contributed by atoms with E-state index >= 15 is 0 Å². The van der Waals surface area contributed by atoms with Gasteiger partial charge in [-0.05, 0) is 0 Å². The van der Waals surface area contributed by atoms with Crippen molar-refractivity contribution in [3.05, 3.63) is 0 Å². The molecule has 1 unspecified atom stereocenters. The van der Waals surface area contributed by atoms with Gasteiger partial charge in [-0.2, -0.15) is 8.42 Å². The van der Waals surface area contributed by atoms with Crippen LogP contribution in [0.5, 0.6) is 0 Å². The Labute approximate surface area is 45.7 Å². The van der Waals surface area contributed by atoms with Crippen molar-refractivity contribution in [2.24, 2.45) is 0 Å². The fourth-order valence-electron chi connectivity index (χ4n) is 0.0702. The van der Waals surface area contributed by atoms with Crippen molar-refractivity contribution in [3.63, 3.8) is 0 Å². The van der Waals surface area contributed by atoms with Crippen LogP contribution in [0.4, 0.5) is 0 Å². The number of aldehydes is 1. The number of rotatable bonds is 2. The molecule has 0 heterocycles. The summed E-state index contributed by atoms with van der Waals surface area (Å²) in [5, 5.41) is 7.99. The summed E-state index contributed by atoms with van der Waals surface area (Å²) in [5.41, 5.74) is -2.30. The lowest BCUT2D eigenvalue weighted by molar-refractivity contribution is -0.111. The number of carbonyl (C=O) groups is 1. The topological polar surface area (TPSA) is 91.7 Å². The molecule has 0 saturated heterocycles. The fourth-order valence-corrected chi connectivity index (χ4v) is 0.211. The molecule has 6 heteroatoms. The molecule has 0 spiro atoms. The van der Waals surface area contributed by atoms with Gasteiger partial charge in [0, 0.05) is 0 Å². The SMILES string of the molecule is O=CC(O)S(=O)(=O)O. The van der Waals surface area contributed by atoms with Gasteiger partial charge in [0.05, 0.1) is 0 Å². The van der Waals surface area contributed by atoms with Crippen LogP contribution >= 0.6 is 0 Å². The molecule has 0 aliphatic heterocycles. The maximum atomic E-state index is 9.64. The monoisotopic (exact) mass is 140 g/mol. The number of aliphatic hydroxyl groups excluding tert-OH is 1. The van der Waals surface area contributed by atoms with Crippen molar-refractivity contribution < 1.29 is 22.9 Å². The summed E-state index contributed by atoms with van der Waals surface area (Å²) in [6, 6.07) is 0. The fraction of sp³-hybridized carbons (Fsp3) is 0.500. The second-order valence-corrected chi connectivity index (χ2v) is 2.55. The van der Waals surface area contributed by atoms with E-state index in [1.54, 1.807) is 0 Å². The maximum Gasteiger partial charge on any atom is 0.299 e. The van der Waals surface area contributed by atoms with Crippen LogP contribution < -0.4 is 0 Å². The Kier molecular flexibility index (Phi) is 2.08. The van der Waals surface area contributed by atoms with Crippen LogP contribution in [0, 0.1) is 0 Å². The van der Waals surface area contributed by atoms with Gasteiger partial charge in [0.2, 0.25) is 5.44 Å². The first kappa shape index (κ1) is 7.54. The normalized spacial score (nSPS) is 15.2. The van der Waals surface area contributed by atoms with Crippen LogP contribution in [0.3, 0.4) is 0 Å². The van der Waals surface area contributed by atoms with Crippen molar-refractivity contribution in [1.29, 1.82) is 0 Å². The molecular formula is C2H4O5S. The molecule has 0 aromatic heterocycles. The zero-order valence-electron chi connectivity index (χ0n) is 3.68. The van der Waals surface area contributed by atoms with E-state index in [1.807, 2.05) is 0 Å². The van der Waals surface area contributed by atoms with E-state index in [0.29, 0.717) is 0 Å². The van der Waals surface area contributed by atoms with Crippen LogP contribution in [0.15, 0.2) is 0 Å². The number of hydrogen-bond acceptors (Lipinski definition) is 4. The first-order valence-electron chi connectivity index (χ1n) is 1.58. The average molecular weight is 140 g/mol. The predicted molar refractivity (Wildman–Crippen MR) is 23.6 cm³/mol. The smallest absolute Gasteiger partial charge is 0.299 e. The van der Waals surface area contributed by atoms with Gasteiger partial charge in [0.15, 0.2) is 6.29 Å². The van der Waals surface area contributed by atoms with Gasteiger partial charge in [0.25, 0.3) is 10.1 Å². The summed E-state index contributed by atoms with van der Waals surface area (Å²) in [4.78, 5) is 9.36. The van der Waals surface area contributed by atoms with Crippen molar-refractivity contribution in [2.75, 3.05) is 0 Å². The molecule has 48 valence electrons. The van der Waals surface area contributed by atoms with Gasteiger partial charge in [-0.15, -0.1) is 0 Å². The third-order valence-electron chi connectivity index (χ3n) is 0.422. The van der Waals surface area contributed by atoms with Gasteiger partial charge >= 0.3 is 0 Å². The molecular weight excluding hydrogens is 136 g/mol. The highest BCUT2D eigenvalue weighted by molar-refractivity contribution is 7.86. The molecule has 0 aliphatic carbocycles. The molecule has 0 rings (SSSR count). The van der Waals surface area contributed by atoms with Crippen molar-refractivity contribution in [3.8, 4) is 0 Å². The minimum absolute atomic E-state index is 0.282. The highest BCUT2D eigenvalue weighted by atomic mass is 32.2. The summed E-state index contributed by atoms with van der Waals surface area (Å²) < 4.78 is 27.1. The third-order valence-corrected chi connectivity index (χ3v) is 1.14. The maximum absolute atomic E-state index is 9.64. The second kappa shape index (κ2) is 2.21. The van der Waals surface area contributed by atoms with Gasteiger partial charge in [-0.1, -0.05) is 0 Å². The van der Waals surface area contributed by atoms with E-state index in [1.165, 1.54) is 0 Å². The van der Waals surface area contributed by atoms with Crippen LogP contribution in [0.1, 0.15) is 0 Å². The summed E-state index contributed by atoms with van der Waals surface area (Å²) in [6.07, 6.45) is -0.282. The Hall–Kier alpha value is -0.460. The molecule has 2 N–H and O–H groups in total. The molecule has 0 fully saturated rings. The van der Waals surface area contributed by atoms with Crippen LogP contribution in [-0.4, -0.2) is 29.8 Å². The molecule has 0 aromatic carbocycles. The molecule has 0 aliphatic rings. The van der Waals surface area contributed by atoms with E-state index in [9.17, 15) is 13.2 Å². The Morgan fingerprint density at radius 2 is 1.88 bits per heavy atom. The molecule has 0 bridgehead atoms. The molecule has 8 heavy (non-hydrogen) atoms. The first-order valence-corrected chi connectivity index (χ1v) is 3.08. The van der Waals surface area contributed by atoms with E-state index in [4.69, 9.17) is 9.66 Å². The zero-order chi connectivity index (χ0) is 6.78. The molecule has 0 aromatic rings. The van der Waals surface area contributed by atoms with E-state index < -0.39 is 15.6 Å². The molecule has 1 atom stereocenters. The highest BCUT2D eigenvalue weighted by Crippen LogP contribution is 1.86. The quantitative estimate of drug-likeness (QED) is 0.355. The summed E-state index contributed by atoms with van der Waals surface area (Å²) >= 11 is 0. The van der Waals surface area contributed by atoms with Crippen LogP contribution in [-0.2, 0) is 14.9 Å². The largest absolute Gasteiger partial charge is 0.369 e. The molecule has 0 saturated carbocycles. The lowest BCUT2D eigenvalue weighted by Crippen LogP contribution is -2.20. The molecule has 0 radical (unpaired) electrons. The van der Waals surface area contributed by atoms with Crippen LogP contribution in [0.2, 0.25) is 0 Å². The van der Waals surface area contributed by atoms with E-state index in [-0.39, 0.29) is 6.29 Å². The average Bonchev–Trinajstić information content (AvgIpc) is 1.62. The van der Waals surface area contributed by atoms with E-state index in [0.717, 1.165) is 0 Å². The van der Waals surface area contributed by atoms with Gasteiger partial charge in [-0.25, -0.2) is 0 Å².